The van der Waals surface area contributed by atoms with E-state index in [4.69, 9.17) is 4.74 Å². The zero-order valence-electron chi connectivity index (χ0n) is 11.4. The number of unbranched alkanes of at least 4 members (excludes halogenated alkanes) is 7. The van der Waals surface area contributed by atoms with Crippen LogP contribution in [-0.2, 0) is 4.74 Å². The maximum Gasteiger partial charge on any atom is 0.392 e. The summed E-state index contributed by atoms with van der Waals surface area (Å²) < 4.78 is 40.6. The molecule has 0 saturated heterocycles. The van der Waals surface area contributed by atoms with Crippen molar-refractivity contribution in [3.8, 4) is 0 Å². The Morgan fingerprint density at radius 1 is 0.833 bits per heavy atom. The molecule has 0 unspecified atom stereocenters. The summed E-state index contributed by atoms with van der Waals surface area (Å²) in [5.74, 6) is 0. The Balaban J connectivity index is 2.99. The fraction of sp³-hybridized carbons (Fsp3) is 0.929. The number of alkyl halides is 3. The lowest BCUT2D eigenvalue weighted by atomic mass is 10.1. The minimum atomic E-state index is -4.14. The molecule has 0 aliphatic carbocycles. The molecule has 0 aromatic rings. The van der Waals surface area contributed by atoms with Crippen LogP contribution >= 0.6 is 0 Å². The van der Waals surface area contributed by atoms with Crippen molar-refractivity contribution in [2.24, 2.45) is 0 Å². The monoisotopic (exact) mass is 267 g/mol. The quantitative estimate of drug-likeness (QED) is 0.436. The third kappa shape index (κ3) is 15.8. The van der Waals surface area contributed by atoms with E-state index in [-0.39, 0.29) is 6.42 Å². The Morgan fingerprint density at radius 2 is 1.39 bits per heavy atom. The van der Waals surface area contributed by atoms with Crippen LogP contribution in [0.25, 0.3) is 0 Å². The molecule has 18 heavy (non-hydrogen) atoms. The Kier molecular flexibility index (Phi) is 11.7. The minimum absolute atomic E-state index is 0.0561. The molecule has 1 radical (unpaired) electrons. The molecule has 0 fully saturated rings. The summed E-state index contributed by atoms with van der Waals surface area (Å²) in [6, 6.07) is 0. The average Bonchev–Trinajstić information content (AvgIpc) is 2.29. The molecule has 0 N–H and O–H groups in total. The lowest BCUT2D eigenvalue weighted by Crippen LogP contribution is -2.08. The van der Waals surface area contributed by atoms with Crippen LogP contribution in [0.15, 0.2) is 0 Å². The molecule has 109 valence electrons. The number of hydrogen-bond donors (Lipinski definition) is 0. The van der Waals surface area contributed by atoms with Crippen molar-refractivity contribution in [2.75, 3.05) is 13.2 Å². The maximum absolute atomic E-state index is 11.8. The van der Waals surface area contributed by atoms with Gasteiger partial charge in [0.1, 0.15) is 0 Å². The van der Waals surface area contributed by atoms with E-state index in [0.717, 1.165) is 6.42 Å². The average molecular weight is 267 g/mol. The Labute approximate surface area is 109 Å². The molecule has 1 nitrogen and oxygen atoms in total. The largest absolute Gasteiger partial charge is 0.392 e. The molecule has 0 heterocycles. The summed E-state index contributed by atoms with van der Waals surface area (Å²) in [5.41, 5.74) is 0. The van der Waals surface area contributed by atoms with E-state index in [1.807, 2.05) is 0 Å². The highest BCUT2D eigenvalue weighted by molar-refractivity contribution is 4.73. The second kappa shape index (κ2) is 11.8. The molecule has 0 saturated carbocycles. The topological polar surface area (TPSA) is 9.23 Å². The van der Waals surface area contributed by atoms with Crippen LogP contribution in [0.2, 0.25) is 0 Å². The highest BCUT2D eigenvalue weighted by Crippen LogP contribution is 2.20. The van der Waals surface area contributed by atoms with E-state index in [1.54, 1.807) is 0 Å². The van der Waals surface area contributed by atoms with Crippen molar-refractivity contribution >= 4 is 0 Å². The predicted octanol–water partition coefficient (Wildman–Crippen LogP) is 5.30. The molecular weight excluding hydrogens is 241 g/mol. The van der Waals surface area contributed by atoms with E-state index >= 15 is 0 Å². The van der Waals surface area contributed by atoms with Crippen LogP contribution in [0.5, 0.6) is 0 Å². The van der Waals surface area contributed by atoms with Crippen LogP contribution in [0, 0.1) is 6.42 Å². The van der Waals surface area contributed by atoms with Crippen molar-refractivity contribution in [1.29, 1.82) is 0 Å². The summed E-state index contributed by atoms with van der Waals surface area (Å²) in [6.45, 7) is 3.31. The van der Waals surface area contributed by atoms with Gasteiger partial charge < -0.3 is 4.74 Å². The summed E-state index contributed by atoms with van der Waals surface area (Å²) in [4.78, 5) is 0. The van der Waals surface area contributed by atoms with Crippen molar-refractivity contribution in [3.63, 3.8) is 0 Å². The minimum Gasteiger partial charge on any atom is -0.381 e. The first-order valence-electron chi connectivity index (χ1n) is 7.05. The molecule has 0 aromatic carbocycles. The zero-order valence-corrected chi connectivity index (χ0v) is 11.4. The van der Waals surface area contributed by atoms with Crippen LogP contribution in [0.1, 0.15) is 64.7 Å². The van der Waals surface area contributed by atoms with Crippen LogP contribution in [-0.4, -0.2) is 19.4 Å². The van der Waals surface area contributed by atoms with Gasteiger partial charge in [0.25, 0.3) is 0 Å². The first-order chi connectivity index (χ1) is 8.56. The lowest BCUT2D eigenvalue weighted by Gasteiger charge is -2.06. The molecule has 0 bridgehead atoms. The van der Waals surface area contributed by atoms with E-state index < -0.39 is 6.18 Å². The lowest BCUT2D eigenvalue weighted by molar-refractivity contribution is -0.0987. The maximum atomic E-state index is 11.8. The molecule has 0 aliphatic heterocycles. The third-order valence-electron chi connectivity index (χ3n) is 2.76. The van der Waals surface area contributed by atoms with Gasteiger partial charge in [0.05, 0.1) is 6.42 Å². The van der Waals surface area contributed by atoms with Crippen molar-refractivity contribution in [2.45, 2.75) is 70.9 Å². The number of halogens is 3. The second-order valence-corrected chi connectivity index (χ2v) is 4.62. The third-order valence-corrected chi connectivity index (χ3v) is 2.76. The van der Waals surface area contributed by atoms with Gasteiger partial charge in [-0.15, -0.1) is 0 Å². The van der Waals surface area contributed by atoms with Crippen molar-refractivity contribution in [1.82, 2.24) is 0 Å². The van der Waals surface area contributed by atoms with E-state index in [1.165, 1.54) is 38.5 Å². The smallest absolute Gasteiger partial charge is 0.381 e. The summed E-state index contributed by atoms with van der Waals surface area (Å²) >= 11 is 0. The predicted molar refractivity (Wildman–Crippen MR) is 68.4 cm³/mol. The van der Waals surface area contributed by atoms with Gasteiger partial charge >= 0.3 is 6.18 Å². The SMILES string of the molecule is CCCCCCCCCOCCC[CH]C(F)(F)F. The fourth-order valence-electron chi connectivity index (χ4n) is 1.71. The van der Waals surface area contributed by atoms with Gasteiger partial charge in [-0.1, -0.05) is 45.4 Å². The van der Waals surface area contributed by atoms with Crippen LogP contribution < -0.4 is 0 Å². The summed E-state index contributed by atoms with van der Waals surface area (Å²) in [7, 11) is 0. The molecule has 0 rings (SSSR count). The van der Waals surface area contributed by atoms with Gasteiger partial charge in [-0.05, 0) is 19.3 Å². The Hall–Kier alpha value is -0.250. The van der Waals surface area contributed by atoms with Gasteiger partial charge in [-0.2, -0.15) is 13.2 Å². The number of rotatable bonds is 12. The fourth-order valence-corrected chi connectivity index (χ4v) is 1.71. The van der Waals surface area contributed by atoms with E-state index in [9.17, 15) is 13.2 Å². The molecule has 0 amide bonds. The standard InChI is InChI=1S/C14H26F3O/c1-2-3-4-5-6-7-9-12-18-13-10-8-11-14(15,16)17/h11H,2-10,12-13H2,1H3. The van der Waals surface area contributed by atoms with E-state index in [0.29, 0.717) is 26.1 Å². The molecule has 0 aliphatic rings. The Morgan fingerprint density at radius 3 is 2.00 bits per heavy atom. The normalized spacial score (nSPS) is 12.0. The molecular formula is C14H26F3O. The van der Waals surface area contributed by atoms with Crippen molar-refractivity contribution in [3.05, 3.63) is 6.42 Å². The summed E-state index contributed by atoms with van der Waals surface area (Å²) in [6.07, 6.45) is 5.36. The van der Waals surface area contributed by atoms with Gasteiger partial charge in [-0.3, -0.25) is 0 Å². The molecule has 0 atom stereocenters. The van der Waals surface area contributed by atoms with Crippen LogP contribution in [0.4, 0.5) is 13.2 Å². The van der Waals surface area contributed by atoms with Gasteiger partial charge in [-0.25, -0.2) is 0 Å². The van der Waals surface area contributed by atoms with Gasteiger partial charge in [0.2, 0.25) is 0 Å². The highest BCUT2D eigenvalue weighted by Gasteiger charge is 2.26. The molecule has 0 spiro atoms. The molecule has 4 heteroatoms. The van der Waals surface area contributed by atoms with Gasteiger partial charge in [0, 0.05) is 13.2 Å². The number of hydrogen-bond acceptors (Lipinski definition) is 1. The van der Waals surface area contributed by atoms with Gasteiger partial charge in [0.15, 0.2) is 0 Å². The van der Waals surface area contributed by atoms with Crippen LogP contribution in [0.3, 0.4) is 0 Å². The zero-order chi connectivity index (χ0) is 13.7. The first kappa shape index (κ1) is 17.8. The van der Waals surface area contributed by atoms with E-state index in [2.05, 4.69) is 6.92 Å². The first-order valence-corrected chi connectivity index (χ1v) is 7.05. The molecule has 0 aromatic heterocycles. The Bertz CT molecular complexity index is 169. The second-order valence-electron chi connectivity index (χ2n) is 4.62. The summed E-state index contributed by atoms with van der Waals surface area (Å²) in [5, 5.41) is 0. The highest BCUT2D eigenvalue weighted by atomic mass is 19.4. The van der Waals surface area contributed by atoms with Crippen molar-refractivity contribution < 1.29 is 17.9 Å². The number of ether oxygens (including phenoxy) is 1.